The van der Waals surface area contributed by atoms with Crippen molar-refractivity contribution in [3.63, 3.8) is 0 Å². The molecule has 13 aromatic rings. The molecular weight excluding hydrogens is 993 g/mol. The Morgan fingerprint density at radius 1 is 0.280 bits per heavy atom. The highest BCUT2D eigenvalue weighted by atomic mass is 15.2. The van der Waals surface area contributed by atoms with E-state index >= 15 is 0 Å². The highest BCUT2D eigenvalue weighted by Gasteiger charge is 2.24. The maximum Gasteiger partial charge on any atom is 0.0541 e. The Labute approximate surface area is 480 Å². The molecule has 0 radical (unpaired) electrons. The molecule has 82 heavy (non-hydrogen) atoms. The highest BCUT2D eigenvalue weighted by Crippen LogP contribution is 2.49. The number of aromatic nitrogens is 1. The summed E-state index contributed by atoms with van der Waals surface area (Å²) >= 11 is 0. The predicted molar refractivity (Wildman–Crippen MR) is 350 cm³/mol. The van der Waals surface area contributed by atoms with Crippen molar-refractivity contribution >= 4 is 78.7 Å². The summed E-state index contributed by atoms with van der Waals surface area (Å²) < 4.78 is 2.31. The molecule has 0 spiro atoms. The Balaban J connectivity index is 1.12. The fourth-order valence-electron chi connectivity index (χ4n) is 11.6. The van der Waals surface area contributed by atoms with Gasteiger partial charge in [-0.25, -0.2) is 0 Å². The third-order valence-corrected chi connectivity index (χ3v) is 15.2. The molecule has 1 heterocycles. The van der Waals surface area contributed by atoms with E-state index in [4.69, 9.17) is 0 Å². The van der Waals surface area contributed by atoms with E-state index in [1.165, 1.54) is 0 Å². The Morgan fingerprint density at radius 3 is 1.05 bits per heavy atom. The third-order valence-electron chi connectivity index (χ3n) is 15.2. The summed E-state index contributed by atoms with van der Waals surface area (Å²) in [6, 6.07) is 111. The second-order valence-corrected chi connectivity index (χ2v) is 20.2. The molecule has 4 heteroatoms. The van der Waals surface area contributed by atoms with Crippen molar-refractivity contribution in [1.29, 1.82) is 0 Å². The molecule has 13 rings (SSSR count). The van der Waals surface area contributed by atoms with Crippen LogP contribution in [0.2, 0.25) is 0 Å². The van der Waals surface area contributed by atoms with E-state index in [2.05, 4.69) is 342 Å². The van der Waals surface area contributed by atoms with Gasteiger partial charge in [0.05, 0.1) is 11.0 Å². The average molecular weight is 1050 g/mol. The van der Waals surface area contributed by atoms with Gasteiger partial charge in [-0.2, -0.15) is 0 Å². The van der Waals surface area contributed by atoms with E-state index in [1.54, 1.807) is 0 Å². The number of allylic oxidation sites excluding steroid dienone is 4. The Morgan fingerprint density at radius 2 is 0.622 bits per heavy atom. The number of benzene rings is 12. The van der Waals surface area contributed by atoms with Gasteiger partial charge in [-0.1, -0.05) is 201 Å². The average Bonchev–Trinajstić information content (AvgIpc) is 4.11. The minimum absolute atomic E-state index is 0.949. The topological polar surface area (TPSA) is 14.7 Å². The smallest absolute Gasteiger partial charge is 0.0541 e. The molecule has 0 fully saturated rings. The van der Waals surface area contributed by atoms with E-state index in [0.717, 1.165) is 123 Å². The van der Waals surface area contributed by atoms with Gasteiger partial charge in [-0.05, 0) is 184 Å². The fraction of sp³-hybridized carbons (Fsp3) is 0. The summed E-state index contributed by atoms with van der Waals surface area (Å²) in [5.74, 6) is 0. The zero-order valence-electron chi connectivity index (χ0n) is 45.4. The molecule has 0 saturated carbocycles. The van der Waals surface area contributed by atoms with Crippen molar-refractivity contribution in [2.24, 2.45) is 0 Å². The summed E-state index contributed by atoms with van der Waals surface area (Å²) in [7, 11) is 0. The van der Waals surface area contributed by atoms with Crippen LogP contribution in [0.25, 0.3) is 72.0 Å². The summed E-state index contributed by atoms with van der Waals surface area (Å²) in [4.78, 5) is 7.09. The molecule has 1 aromatic heterocycles. The van der Waals surface area contributed by atoms with Gasteiger partial charge in [0.25, 0.3) is 0 Å². The summed E-state index contributed by atoms with van der Waals surface area (Å²) in [5, 5.41) is 2.28. The lowest BCUT2D eigenvalue weighted by molar-refractivity contribution is 1.24. The minimum Gasteiger partial charge on any atom is -0.310 e. The molecule has 0 bridgehead atoms. The van der Waals surface area contributed by atoms with Crippen LogP contribution >= 0.6 is 0 Å². The quantitative estimate of drug-likeness (QED) is 0.0897. The second-order valence-electron chi connectivity index (χ2n) is 20.2. The molecule has 0 atom stereocenters. The number of fused-ring (bicyclic) bond motifs is 3. The van der Waals surface area contributed by atoms with Crippen molar-refractivity contribution in [1.82, 2.24) is 4.57 Å². The summed E-state index contributed by atoms with van der Waals surface area (Å²) in [6.45, 7) is 8.38. The van der Waals surface area contributed by atoms with Crippen LogP contribution in [0.3, 0.4) is 0 Å². The van der Waals surface area contributed by atoms with E-state index < -0.39 is 0 Å². The van der Waals surface area contributed by atoms with E-state index in [0.29, 0.717) is 0 Å². The van der Waals surface area contributed by atoms with Gasteiger partial charge in [0.1, 0.15) is 0 Å². The molecule has 0 saturated heterocycles. The first-order valence-corrected chi connectivity index (χ1v) is 27.8. The highest BCUT2D eigenvalue weighted by molar-refractivity contribution is 6.13. The van der Waals surface area contributed by atoms with Crippen LogP contribution < -0.4 is 14.7 Å². The van der Waals surface area contributed by atoms with Crippen molar-refractivity contribution < 1.29 is 0 Å². The Bertz CT molecular complexity index is 4180. The van der Waals surface area contributed by atoms with Crippen molar-refractivity contribution in [3.05, 3.63) is 341 Å². The summed E-state index contributed by atoms with van der Waals surface area (Å²) in [6.07, 6.45) is 5.78. The van der Waals surface area contributed by atoms with Crippen LogP contribution in [-0.2, 0) is 0 Å². The van der Waals surface area contributed by atoms with Crippen LogP contribution in [-0.4, -0.2) is 4.57 Å². The van der Waals surface area contributed by atoms with Crippen molar-refractivity contribution in [2.75, 3.05) is 14.7 Å². The van der Waals surface area contributed by atoms with Gasteiger partial charge in [0.2, 0.25) is 0 Å². The zero-order chi connectivity index (χ0) is 55.2. The maximum absolute atomic E-state index is 4.28. The van der Waals surface area contributed by atoms with Gasteiger partial charge in [0, 0.05) is 67.7 Å². The monoisotopic (exact) mass is 1050 g/mol. The number of rotatable bonds is 16. The zero-order valence-corrected chi connectivity index (χ0v) is 45.4. The fourth-order valence-corrected chi connectivity index (χ4v) is 11.6. The van der Waals surface area contributed by atoms with Gasteiger partial charge < -0.3 is 19.3 Å². The van der Waals surface area contributed by atoms with E-state index in [9.17, 15) is 0 Å². The first-order valence-electron chi connectivity index (χ1n) is 27.8. The molecule has 4 nitrogen and oxygen atoms in total. The molecule has 0 unspecified atom stereocenters. The number of nitrogens with zero attached hydrogens (tertiary/aromatic N) is 4. The maximum atomic E-state index is 4.28. The van der Waals surface area contributed by atoms with E-state index in [-0.39, 0.29) is 0 Å². The van der Waals surface area contributed by atoms with E-state index in [1.807, 2.05) is 18.2 Å². The van der Waals surface area contributed by atoms with Gasteiger partial charge in [-0.15, -0.1) is 0 Å². The molecule has 12 aromatic carbocycles. The van der Waals surface area contributed by atoms with Crippen LogP contribution in [0.4, 0.5) is 51.2 Å². The van der Waals surface area contributed by atoms with Crippen molar-refractivity contribution in [3.8, 4) is 44.5 Å². The molecule has 390 valence electrons. The largest absolute Gasteiger partial charge is 0.310 e. The molecule has 0 aliphatic carbocycles. The second kappa shape index (κ2) is 22.8. The van der Waals surface area contributed by atoms with Gasteiger partial charge >= 0.3 is 0 Å². The number of anilines is 9. The van der Waals surface area contributed by atoms with Crippen LogP contribution in [0.5, 0.6) is 0 Å². The lowest BCUT2D eigenvalue weighted by Gasteiger charge is -2.31. The normalized spacial score (nSPS) is 11.3. The molecule has 0 aliphatic rings. The lowest BCUT2D eigenvalue weighted by Crippen LogP contribution is -2.13. The Hall–Kier alpha value is -10.9. The Kier molecular flexibility index (Phi) is 14.1. The first kappa shape index (κ1) is 50.6. The minimum atomic E-state index is 0.949. The third kappa shape index (κ3) is 9.87. The van der Waals surface area contributed by atoms with Gasteiger partial charge in [-0.3, -0.25) is 0 Å². The standard InChI is InChI=1S/C78H58N4/c1-3-28-62(4-2)82-76-49-47-58(57-29-12-5-13-30-57)54-74(76)75-55-60(48-50-77(75)82)73-46-27-45-72(59-31-26-44-69(51-59)79(63-32-14-6-15-33-63)64-34-16-7-17-35-64)78(73)61-52-70(80(65-36-18-8-19-37-65)66-38-20-9-21-39-66)56-71(53-61)81(67-40-22-10-23-41-67)68-42-24-11-25-43-68/h3-56H,1-2H2/b62-28+. The molecule has 0 aliphatic heterocycles. The SMILES string of the molecule is C=C/C=C(\C=C)n1c2ccc(-c3ccccc3)cc2c2cc(-c3cccc(-c4cccc(N(c5ccccc5)c5ccccc5)c4)c3-c3cc(N(c4ccccc4)c4ccccc4)cc(N(c4ccccc4)c4ccccc4)c3)ccc21. The van der Waals surface area contributed by atoms with Crippen LogP contribution in [0.15, 0.2) is 341 Å². The van der Waals surface area contributed by atoms with Gasteiger partial charge in [0.15, 0.2) is 0 Å². The molecule has 0 N–H and O–H groups in total. The summed E-state index contributed by atoms with van der Waals surface area (Å²) in [5.41, 5.74) is 21.4. The van der Waals surface area contributed by atoms with Crippen LogP contribution in [0.1, 0.15) is 0 Å². The lowest BCUT2D eigenvalue weighted by atomic mass is 9.86. The molecular formula is C78H58N4. The number of hydrogen-bond acceptors (Lipinski definition) is 3. The van der Waals surface area contributed by atoms with Crippen LogP contribution in [0, 0.1) is 0 Å². The van der Waals surface area contributed by atoms with Crippen molar-refractivity contribution in [2.45, 2.75) is 0 Å². The first-order chi connectivity index (χ1) is 40.6. The predicted octanol–water partition coefficient (Wildman–Crippen LogP) is 22.1. The number of hydrogen-bond donors (Lipinski definition) is 0. The molecule has 0 amide bonds. The number of para-hydroxylation sites is 6.